The zero-order valence-electron chi connectivity index (χ0n) is 12.0. The Morgan fingerprint density at radius 2 is 1.42 bits per heavy atom. The lowest BCUT2D eigenvalue weighted by atomic mass is 10.0. The van der Waals surface area contributed by atoms with Gasteiger partial charge in [0.1, 0.15) is 24.4 Å². The number of fused-ring (bicyclic) bond motifs is 3. The summed E-state index contributed by atoms with van der Waals surface area (Å²) in [5.74, 6) is -1.30. The molecule has 0 bridgehead atoms. The van der Waals surface area contributed by atoms with Crippen molar-refractivity contribution in [2.24, 2.45) is 0 Å². The summed E-state index contributed by atoms with van der Waals surface area (Å²) >= 11 is 0. The van der Waals surface area contributed by atoms with Gasteiger partial charge in [0, 0.05) is 7.11 Å². The molecular formula is C13H22O6. The maximum absolute atomic E-state index is 5.98. The van der Waals surface area contributed by atoms with Crippen molar-refractivity contribution in [3.8, 4) is 0 Å². The number of ether oxygens (including phenoxy) is 6. The van der Waals surface area contributed by atoms with E-state index in [1.54, 1.807) is 7.11 Å². The average molecular weight is 274 g/mol. The molecule has 19 heavy (non-hydrogen) atoms. The molecule has 0 spiro atoms. The Morgan fingerprint density at radius 3 is 2.11 bits per heavy atom. The normalized spacial score (nSPS) is 47.5. The zero-order valence-corrected chi connectivity index (χ0v) is 12.0. The summed E-state index contributed by atoms with van der Waals surface area (Å²) < 4.78 is 34.8. The van der Waals surface area contributed by atoms with E-state index in [0.29, 0.717) is 6.61 Å². The molecule has 3 aliphatic heterocycles. The summed E-state index contributed by atoms with van der Waals surface area (Å²) in [6, 6.07) is 0. The third kappa shape index (κ3) is 2.41. The summed E-state index contributed by atoms with van der Waals surface area (Å²) in [7, 11) is 1.60. The Bertz CT molecular complexity index is 355. The molecule has 0 aromatic heterocycles. The van der Waals surface area contributed by atoms with Crippen LogP contribution in [0.3, 0.4) is 0 Å². The molecule has 3 rings (SSSR count). The smallest absolute Gasteiger partial charge is 0.186 e. The molecule has 3 fully saturated rings. The minimum atomic E-state index is -0.673. The minimum Gasteiger partial charge on any atom is -0.353 e. The van der Waals surface area contributed by atoms with Gasteiger partial charge in [-0.1, -0.05) is 0 Å². The fourth-order valence-electron chi connectivity index (χ4n) is 3.04. The van der Waals surface area contributed by atoms with Crippen LogP contribution in [-0.4, -0.2) is 56.0 Å². The van der Waals surface area contributed by atoms with Crippen molar-refractivity contribution in [3.63, 3.8) is 0 Å². The first-order valence-electron chi connectivity index (χ1n) is 6.67. The van der Waals surface area contributed by atoms with Crippen LogP contribution in [0.5, 0.6) is 0 Å². The van der Waals surface area contributed by atoms with Crippen LogP contribution < -0.4 is 0 Å². The van der Waals surface area contributed by atoms with E-state index in [2.05, 4.69) is 0 Å². The topological polar surface area (TPSA) is 55.4 Å². The van der Waals surface area contributed by atoms with Crippen LogP contribution in [-0.2, 0) is 28.4 Å². The molecule has 0 amide bonds. The van der Waals surface area contributed by atoms with Gasteiger partial charge < -0.3 is 28.4 Å². The molecule has 6 nitrogen and oxygen atoms in total. The van der Waals surface area contributed by atoms with Crippen molar-refractivity contribution >= 4 is 0 Å². The van der Waals surface area contributed by atoms with Gasteiger partial charge >= 0.3 is 0 Å². The molecule has 3 aliphatic rings. The number of hydrogen-bond donors (Lipinski definition) is 0. The third-order valence-electron chi connectivity index (χ3n) is 3.63. The highest BCUT2D eigenvalue weighted by molar-refractivity contribution is 4.98. The molecular weight excluding hydrogens is 252 g/mol. The highest BCUT2D eigenvalue weighted by Gasteiger charge is 2.58. The van der Waals surface area contributed by atoms with Gasteiger partial charge in [-0.3, -0.25) is 0 Å². The molecule has 5 atom stereocenters. The maximum atomic E-state index is 5.98. The lowest BCUT2D eigenvalue weighted by molar-refractivity contribution is -0.221. The van der Waals surface area contributed by atoms with Crippen molar-refractivity contribution in [2.45, 2.75) is 70.0 Å². The van der Waals surface area contributed by atoms with Gasteiger partial charge in [-0.25, -0.2) is 0 Å². The fraction of sp³-hybridized carbons (Fsp3) is 1.00. The van der Waals surface area contributed by atoms with E-state index in [9.17, 15) is 0 Å². The van der Waals surface area contributed by atoms with E-state index < -0.39 is 17.9 Å². The zero-order chi connectivity index (χ0) is 13.8. The van der Waals surface area contributed by atoms with Gasteiger partial charge in [0.25, 0.3) is 0 Å². The van der Waals surface area contributed by atoms with Crippen LogP contribution in [0.4, 0.5) is 0 Å². The number of methoxy groups -OCH3 is 1. The van der Waals surface area contributed by atoms with Gasteiger partial charge in [0.2, 0.25) is 0 Å². The predicted molar refractivity (Wildman–Crippen MR) is 64.4 cm³/mol. The molecule has 3 heterocycles. The van der Waals surface area contributed by atoms with Crippen molar-refractivity contribution in [3.05, 3.63) is 0 Å². The second-order valence-electron chi connectivity index (χ2n) is 6.14. The molecule has 0 saturated carbocycles. The highest BCUT2D eigenvalue weighted by Crippen LogP contribution is 2.41. The van der Waals surface area contributed by atoms with Crippen LogP contribution >= 0.6 is 0 Å². The lowest BCUT2D eigenvalue weighted by Crippen LogP contribution is -2.44. The van der Waals surface area contributed by atoms with Crippen LogP contribution in [0.15, 0.2) is 0 Å². The van der Waals surface area contributed by atoms with Gasteiger partial charge in [0.15, 0.2) is 17.9 Å². The summed E-state index contributed by atoms with van der Waals surface area (Å²) in [6.45, 7) is 7.96. The molecule has 3 saturated heterocycles. The van der Waals surface area contributed by atoms with E-state index in [-0.39, 0.29) is 24.4 Å². The SMILES string of the molecule is CO[C@H]1OC[C@H]2OC(C)(C)O[C@H]2[C@@H]2OC(C)(C)O[C@@H]12. The first-order chi connectivity index (χ1) is 8.81. The fourth-order valence-corrected chi connectivity index (χ4v) is 3.04. The monoisotopic (exact) mass is 274 g/mol. The molecule has 0 N–H and O–H groups in total. The van der Waals surface area contributed by atoms with Gasteiger partial charge in [0.05, 0.1) is 6.61 Å². The molecule has 6 heteroatoms. The van der Waals surface area contributed by atoms with E-state index in [0.717, 1.165) is 0 Å². The molecule has 0 radical (unpaired) electrons. The molecule has 110 valence electrons. The Morgan fingerprint density at radius 1 is 0.842 bits per heavy atom. The van der Waals surface area contributed by atoms with Crippen molar-refractivity contribution in [1.29, 1.82) is 0 Å². The Labute approximate surface area is 113 Å². The third-order valence-corrected chi connectivity index (χ3v) is 3.63. The van der Waals surface area contributed by atoms with Crippen LogP contribution in [0.1, 0.15) is 27.7 Å². The summed E-state index contributed by atoms with van der Waals surface area (Å²) in [5.41, 5.74) is 0. The molecule has 0 aliphatic carbocycles. The van der Waals surface area contributed by atoms with Gasteiger partial charge in [-0.2, -0.15) is 0 Å². The Balaban J connectivity index is 1.87. The van der Waals surface area contributed by atoms with Crippen molar-refractivity contribution in [1.82, 2.24) is 0 Å². The molecule has 0 unspecified atom stereocenters. The number of rotatable bonds is 1. The second kappa shape index (κ2) is 4.38. The van der Waals surface area contributed by atoms with Crippen LogP contribution in [0.25, 0.3) is 0 Å². The average Bonchev–Trinajstić information content (AvgIpc) is 2.73. The Hall–Kier alpha value is -0.240. The van der Waals surface area contributed by atoms with Crippen LogP contribution in [0.2, 0.25) is 0 Å². The van der Waals surface area contributed by atoms with Crippen LogP contribution in [0, 0.1) is 0 Å². The molecule has 0 aromatic carbocycles. The van der Waals surface area contributed by atoms with E-state index in [1.165, 1.54) is 0 Å². The minimum absolute atomic E-state index is 0.167. The van der Waals surface area contributed by atoms with Gasteiger partial charge in [-0.05, 0) is 27.7 Å². The van der Waals surface area contributed by atoms with Gasteiger partial charge in [-0.15, -0.1) is 0 Å². The summed E-state index contributed by atoms with van der Waals surface area (Å²) in [5, 5.41) is 0. The lowest BCUT2D eigenvalue weighted by Gasteiger charge is -2.25. The van der Waals surface area contributed by atoms with E-state index in [4.69, 9.17) is 28.4 Å². The first kappa shape index (κ1) is 13.7. The second-order valence-corrected chi connectivity index (χ2v) is 6.14. The predicted octanol–water partition coefficient (Wildman–Crippen LogP) is 1.03. The van der Waals surface area contributed by atoms with E-state index in [1.807, 2.05) is 27.7 Å². The summed E-state index contributed by atoms with van der Waals surface area (Å²) in [4.78, 5) is 0. The number of hydrogen-bond acceptors (Lipinski definition) is 6. The first-order valence-corrected chi connectivity index (χ1v) is 6.67. The standard InChI is InChI=1S/C13H22O6/c1-12(2)16-7-6-15-11(14-5)10-9(8(7)17-12)18-13(3,4)19-10/h7-11H,6H2,1-5H3/t7-,8-,9+,10-,11+/m1/s1. The quantitative estimate of drug-likeness (QED) is 0.712. The van der Waals surface area contributed by atoms with Crippen molar-refractivity contribution in [2.75, 3.05) is 13.7 Å². The Kier molecular flexibility index (Phi) is 3.16. The highest BCUT2D eigenvalue weighted by atomic mass is 16.8. The maximum Gasteiger partial charge on any atom is 0.186 e. The van der Waals surface area contributed by atoms with Crippen molar-refractivity contribution < 1.29 is 28.4 Å². The largest absolute Gasteiger partial charge is 0.353 e. The van der Waals surface area contributed by atoms with E-state index >= 15 is 0 Å². The molecule has 0 aromatic rings. The summed E-state index contributed by atoms with van der Waals surface area (Å²) in [6.07, 6.45) is -1.41.